The van der Waals surface area contributed by atoms with Crippen LogP contribution in [0.25, 0.3) is 89.2 Å². The monoisotopic (exact) mass is 790 g/mol. The van der Waals surface area contributed by atoms with Crippen LogP contribution in [0.2, 0.25) is 0 Å². The number of para-hydroxylation sites is 1. The molecule has 2 aromatic heterocycles. The molecule has 11 aromatic rings. The summed E-state index contributed by atoms with van der Waals surface area (Å²) in [7, 11) is 0. The molecular formula is C59H38N2O. The topological polar surface area (TPSA) is 38.9 Å². The van der Waals surface area contributed by atoms with Gasteiger partial charge in [0.2, 0.25) is 0 Å². The van der Waals surface area contributed by atoms with E-state index < -0.39 is 5.41 Å². The van der Waals surface area contributed by atoms with Gasteiger partial charge in [0, 0.05) is 27.5 Å². The summed E-state index contributed by atoms with van der Waals surface area (Å²) >= 11 is 0. The highest BCUT2D eigenvalue weighted by atomic mass is 16.3. The molecule has 0 spiro atoms. The van der Waals surface area contributed by atoms with Crippen LogP contribution >= 0.6 is 0 Å². The molecule has 62 heavy (non-hydrogen) atoms. The summed E-state index contributed by atoms with van der Waals surface area (Å²) in [5.74, 6) is 0.683. The Balaban J connectivity index is 0.999. The third-order valence-corrected chi connectivity index (χ3v) is 12.6. The molecule has 0 bridgehead atoms. The van der Waals surface area contributed by atoms with E-state index in [1.54, 1.807) is 0 Å². The first kappa shape index (κ1) is 35.8. The third-order valence-electron chi connectivity index (χ3n) is 12.6. The molecule has 1 aliphatic carbocycles. The lowest BCUT2D eigenvalue weighted by atomic mass is 9.67. The number of nitrogens with zero attached hydrogens (tertiary/aromatic N) is 2. The average molecular weight is 791 g/mol. The highest BCUT2D eigenvalue weighted by molar-refractivity contribution is 6.06. The van der Waals surface area contributed by atoms with Gasteiger partial charge in [0.25, 0.3) is 0 Å². The van der Waals surface area contributed by atoms with Crippen LogP contribution in [0, 0.1) is 0 Å². The van der Waals surface area contributed by atoms with E-state index in [1.165, 1.54) is 38.9 Å². The molecule has 0 atom stereocenters. The lowest BCUT2D eigenvalue weighted by Crippen LogP contribution is -2.28. The van der Waals surface area contributed by atoms with Crippen LogP contribution in [-0.4, -0.2) is 9.97 Å². The Morgan fingerprint density at radius 3 is 1.58 bits per heavy atom. The quantitative estimate of drug-likeness (QED) is 0.161. The largest absolute Gasteiger partial charge is 0.456 e. The van der Waals surface area contributed by atoms with Gasteiger partial charge in [-0.2, -0.15) is 0 Å². The molecule has 0 N–H and O–H groups in total. The van der Waals surface area contributed by atoms with Crippen molar-refractivity contribution in [3.8, 4) is 67.3 Å². The molecule has 0 radical (unpaired) electrons. The van der Waals surface area contributed by atoms with Gasteiger partial charge in [-0.25, -0.2) is 9.97 Å². The van der Waals surface area contributed by atoms with Gasteiger partial charge in [-0.05, 0) is 92.0 Å². The van der Waals surface area contributed by atoms with Crippen molar-refractivity contribution in [3.05, 3.63) is 253 Å². The van der Waals surface area contributed by atoms with E-state index in [0.29, 0.717) is 5.82 Å². The molecular weight excluding hydrogens is 753 g/mol. The zero-order valence-corrected chi connectivity index (χ0v) is 33.7. The Morgan fingerprint density at radius 2 is 0.839 bits per heavy atom. The first-order valence-electron chi connectivity index (χ1n) is 21.1. The summed E-state index contributed by atoms with van der Waals surface area (Å²) < 4.78 is 6.27. The summed E-state index contributed by atoms with van der Waals surface area (Å²) in [6.45, 7) is 0. The van der Waals surface area contributed by atoms with Crippen molar-refractivity contribution >= 4 is 21.9 Å². The molecule has 0 amide bonds. The smallest absolute Gasteiger partial charge is 0.160 e. The van der Waals surface area contributed by atoms with Crippen LogP contribution in [0.3, 0.4) is 0 Å². The van der Waals surface area contributed by atoms with E-state index in [2.05, 4.69) is 200 Å². The van der Waals surface area contributed by atoms with Gasteiger partial charge >= 0.3 is 0 Å². The van der Waals surface area contributed by atoms with Crippen molar-refractivity contribution in [3.63, 3.8) is 0 Å². The number of furan rings is 1. The summed E-state index contributed by atoms with van der Waals surface area (Å²) in [5, 5.41) is 2.25. The van der Waals surface area contributed by atoms with Crippen molar-refractivity contribution in [2.45, 2.75) is 5.41 Å². The van der Waals surface area contributed by atoms with Crippen molar-refractivity contribution in [2.24, 2.45) is 0 Å². The van der Waals surface area contributed by atoms with Crippen molar-refractivity contribution in [1.29, 1.82) is 0 Å². The van der Waals surface area contributed by atoms with Gasteiger partial charge in [0.1, 0.15) is 11.2 Å². The highest BCUT2D eigenvalue weighted by Gasteiger charge is 2.46. The Hall–Kier alpha value is -8.14. The number of hydrogen-bond acceptors (Lipinski definition) is 3. The number of benzene rings is 9. The zero-order chi connectivity index (χ0) is 41.0. The van der Waals surface area contributed by atoms with E-state index >= 15 is 0 Å². The summed E-state index contributed by atoms with van der Waals surface area (Å²) in [6.07, 6.45) is 0. The summed E-state index contributed by atoms with van der Waals surface area (Å²) in [4.78, 5) is 10.5. The van der Waals surface area contributed by atoms with Crippen LogP contribution in [0.1, 0.15) is 22.3 Å². The minimum Gasteiger partial charge on any atom is -0.456 e. The lowest BCUT2D eigenvalue weighted by Gasteiger charge is -2.34. The molecule has 1 aliphatic rings. The average Bonchev–Trinajstić information content (AvgIpc) is 3.88. The number of fused-ring (bicyclic) bond motifs is 6. The molecule has 12 rings (SSSR count). The van der Waals surface area contributed by atoms with E-state index in [1.807, 2.05) is 30.3 Å². The molecule has 290 valence electrons. The first-order chi connectivity index (χ1) is 30.7. The van der Waals surface area contributed by atoms with Crippen LogP contribution in [0.5, 0.6) is 0 Å². The molecule has 0 aliphatic heterocycles. The normalized spacial score (nSPS) is 12.6. The minimum atomic E-state index is -0.472. The van der Waals surface area contributed by atoms with E-state index in [0.717, 1.165) is 66.7 Å². The van der Waals surface area contributed by atoms with Crippen molar-refractivity contribution in [1.82, 2.24) is 9.97 Å². The Kier molecular flexibility index (Phi) is 8.39. The lowest BCUT2D eigenvalue weighted by molar-refractivity contribution is 0.669. The standard InChI is InChI=1S/C59H38N2O/c1-4-17-39(18-5-1)58-60-53(43-21-14-19-40(35-43)41-33-34-49-48-27-11-13-32-55(48)62-56(49)37-41)38-54(61-58)44-22-15-20-42(36-44)47-29-16-31-52-57(47)50-28-10-12-30-51(50)59(52,45-23-6-2-7-24-45)46-25-8-3-9-26-46/h1-38H. The fourth-order valence-electron chi connectivity index (χ4n) is 9.80. The van der Waals surface area contributed by atoms with Gasteiger partial charge in [-0.3, -0.25) is 0 Å². The van der Waals surface area contributed by atoms with E-state index in [4.69, 9.17) is 14.4 Å². The Morgan fingerprint density at radius 1 is 0.323 bits per heavy atom. The maximum absolute atomic E-state index is 6.27. The fourth-order valence-corrected chi connectivity index (χ4v) is 9.80. The van der Waals surface area contributed by atoms with Crippen LogP contribution in [0.15, 0.2) is 235 Å². The van der Waals surface area contributed by atoms with Crippen LogP contribution in [0.4, 0.5) is 0 Å². The summed E-state index contributed by atoms with van der Waals surface area (Å²) in [5.41, 5.74) is 18.1. The fraction of sp³-hybridized carbons (Fsp3) is 0.0169. The third kappa shape index (κ3) is 5.74. The van der Waals surface area contributed by atoms with Crippen LogP contribution < -0.4 is 0 Å². The SMILES string of the molecule is c1ccc(-c2nc(-c3cccc(-c4ccc5c(c4)oc4ccccc45)c3)cc(-c3cccc(-c4cccc5c4-c4ccccc4C5(c4ccccc4)c4ccccc4)c3)n2)cc1. The highest BCUT2D eigenvalue weighted by Crippen LogP contribution is 2.58. The van der Waals surface area contributed by atoms with Gasteiger partial charge in [-0.15, -0.1) is 0 Å². The molecule has 9 aromatic carbocycles. The zero-order valence-electron chi connectivity index (χ0n) is 33.7. The van der Waals surface area contributed by atoms with Gasteiger partial charge < -0.3 is 4.42 Å². The molecule has 3 heteroatoms. The first-order valence-corrected chi connectivity index (χ1v) is 21.1. The van der Waals surface area contributed by atoms with Gasteiger partial charge in [-0.1, -0.05) is 194 Å². The Labute approximate surface area is 360 Å². The van der Waals surface area contributed by atoms with Crippen LogP contribution in [-0.2, 0) is 5.41 Å². The predicted molar refractivity (Wildman–Crippen MR) is 254 cm³/mol. The minimum absolute atomic E-state index is 0.472. The van der Waals surface area contributed by atoms with Gasteiger partial charge in [0.05, 0.1) is 16.8 Å². The molecule has 0 saturated carbocycles. The number of aromatic nitrogens is 2. The van der Waals surface area contributed by atoms with E-state index in [9.17, 15) is 0 Å². The Bertz CT molecular complexity index is 3420. The van der Waals surface area contributed by atoms with Crippen molar-refractivity contribution in [2.75, 3.05) is 0 Å². The van der Waals surface area contributed by atoms with E-state index in [-0.39, 0.29) is 0 Å². The molecule has 2 heterocycles. The number of rotatable bonds is 7. The molecule has 0 fully saturated rings. The molecule has 0 saturated heterocycles. The van der Waals surface area contributed by atoms with Crippen molar-refractivity contribution < 1.29 is 4.42 Å². The molecule has 0 unspecified atom stereocenters. The molecule has 3 nitrogen and oxygen atoms in total. The maximum atomic E-state index is 6.27. The second-order valence-electron chi connectivity index (χ2n) is 16.1. The predicted octanol–water partition coefficient (Wildman–Crippen LogP) is 15.1. The summed E-state index contributed by atoms with van der Waals surface area (Å²) in [6, 6.07) is 82.3. The second kappa shape index (κ2) is 14.5. The van der Waals surface area contributed by atoms with Gasteiger partial charge in [0.15, 0.2) is 5.82 Å². The number of hydrogen-bond donors (Lipinski definition) is 0. The second-order valence-corrected chi connectivity index (χ2v) is 16.1. The maximum Gasteiger partial charge on any atom is 0.160 e.